The molecule has 6 nitrogen and oxygen atoms in total. The predicted molar refractivity (Wildman–Crippen MR) is 104 cm³/mol. The van der Waals surface area contributed by atoms with Gasteiger partial charge >= 0.3 is 0 Å². The zero-order chi connectivity index (χ0) is 19.6. The second-order valence-electron chi connectivity index (χ2n) is 7.32. The molecule has 3 rings (SSSR count). The Morgan fingerprint density at radius 1 is 1.15 bits per heavy atom. The number of aryl methyl sites for hydroxylation is 1. The first kappa shape index (κ1) is 20.6. The normalized spacial score (nSPS) is 20.6. The minimum absolute atomic E-state index is 0.0662. The molecule has 1 amide bonds. The first-order valence-electron chi connectivity index (χ1n) is 9.43. The number of nitrogens with zero attached hydrogens (tertiary/aromatic N) is 2. The third kappa shape index (κ3) is 4.47. The van der Waals surface area contributed by atoms with Crippen LogP contribution in [0.3, 0.4) is 0 Å². The Labute approximate surface area is 166 Å². The zero-order valence-corrected chi connectivity index (χ0v) is 17.4. The van der Waals surface area contributed by atoms with Crippen LogP contribution >= 0.6 is 11.6 Å². The third-order valence-corrected chi connectivity index (χ3v) is 7.85. The van der Waals surface area contributed by atoms with Crippen LogP contribution in [-0.4, -0.2) is 61.9 Å². The summed E-state index contributed by atoms with van der Waals surface area (Å²) in [7, 11) is -3.54. The molecule has 0 aromatic heterocycles. The van der Waals surface area contributed by atoms with Gasteiger partial charge in [-0.05, 0) is 56.4 Å². The van der Waals surface area contributed by atoms with Gasteiger partial charge in [-0.2, -0.15) is 4.31 Å². The number of hydrogen-bond acceptors (Lipinski definition) is 4. The second kappa shape index (κ2) is 8.47. The SMILES string of the molecule is CC(=O)N(C1CCOCC1)C1CCN(S(=O)(=O)c2ccc(Cl)c(C)c2)CC1. The summed E-state index contributed by atoms with van der Waals surface area (Å²) in [4.78, 5) is 14.5. The van der Waals surface area contributed by atoms with E-state index in [-0.39, 0.29) is 22.9 Å². The molecule has 1 aromatic carbocycles. The van der Waals surface area contributed by atoms with Gasteiger partial charge in [-0.1, -0.05) is 11.6 Å². The predicted octanol–water partition coefficient (Wildman–Crippen LogP) is 2.83. The summed E-state index contributed by atoms with van der Waals surface area (Å²) in [6.07, 6.45) is 3.01. The maximum absolute atomic E-state index is 12.9. The highest BCUT2D eigenvalue weighted by Crippen LogP contribution is 2.28. The van der Waals surface area contributed by atoms with Crippen molar-refractivity contribution in [2.24, 2.45) is 0 Å². The zero-order valence-electron chi connectivity index (χ0n) is 15.9. The molecular weight excluding hydrogens is 388 g/mol. The lowest BCUT2D eigenvalue weighted by Crippen LogP contribution is -2.53. The van der Waals surface area contributed by atoms with Crippen molar-refractivity contribution in [3.63, 3.8) is 0 Å². The second-order valence-corrected chi connectivity index (χ2v) is 9.66. The van der Waals surface area contributed by atoms with Crippen LogP contribution in [0.25, 0.3) is 0 Å². The average molecular weight is 415 g/mol. The average Bonchev–Trinajstić information content (AvgIpc) is 2.65. The Balaban J connectivity index is 1.69. The molecular formula is C19H27ClN2O4S. The Morgan fingerprint density at radius 2 is 1.74 bits per heavy atom. The summed E-state index contributed by atoms with van der Waals surface area (Å²) in [6, 6.07) is 5.08. The largest absolute Gasteiger partial charge is 0.381 e. The number of piperidine rings is 1. The van der Waals surface area contributed by atoms with Crippen molar-refractivity contribution in [2.75, 3.05) is 26.3 Å². The summed E-state index contributed by atoms with van der Waals surface area (Å²) >= 11 is 6.02. The minimum Gasteiger partial charge on any atom is -0.381 e. The van der Waals surface area contributed by atoms with Crippen LogP contribution in [0.5, 0.6) is 0 Å². The monoisotopic (exact) mass is 414 g/mol. The van der Waals surface area contributed by atoms with Crippen LogP contribution in [-0.2, 0) is 19.6 Å². The van der Waals surface area contributed by atoms with Crippen molar-refractivity contribution >= 4 is 27.5 Å². The summed E-state index contributed by atoms with van der Waals surface area (Å²) in [5.74, 6) is 0.0662. The number of ether oxygens (including phenoxy) is 1. The highest BCUT2D eigenvalue weighted by Gasteiger charge is 2.35. The van der Waals surface area contributed by atoms with Crippen molar-refractivity contribution in [2.45, 2.75) is 56.5 Å². The van der Waals surface area contributed by atoms with Gasteiger partial charge in [0, 0.05) is 50.3 Å². The van der Waals surface area contributed by atoms with Gasteiger partial charge in [-0.3, -0.25) is 4.79 Å². The maximum Gasteiger partial charge on any atom is 0.243 e. The Bertz CT molecular complexity index is 785. The van der Waals surface area contributed by atoms with E-state index in [9.17, 15) is 13.2 Å². The molecule has 0 N–H and O–H groups in total. The van der Waals surface area contributed by atoms with Crippen LogP contribution in [0, 0.1) is 6.92 Å². The van der Waals surface area contributed by atoms with Crippen LogP contribution in [0.2, 0.25) is 5.02 Å². The van der Waals surface area contributed by atoms with Crippen molar-refractivity contribution < 1.29 is 17.9 Å². The summed E-state index contributed by atoms with van der Waals surface area (Å²) in [5, 5.41) is 0.557. The number of halogens is 1. The maximum atomic E-state index is 12.9. The van der Waals surface area contributed by atoms with Gasteiger partial charge in [0.05, 0.1) is 4.90 Å². The molecule has 0 aliphatic carbocycles. The molecule has 2 aliphatic heterocycles. The number of amides is 1. The molecule has 2 heterocycles. The fourth-order valence-corrected chi connectivity index (χ4v) is 5.74. The van der Waals surface area contributed by atoms with Gasteiger partial charge in [0.2, 0.25) is 15.9 Å². The van der Waals surface area contributed by atoms with E-state index >= 15 is 0 Å². The fraction of sp³-hybridized carbons (Fsp3) is 0.632. The smallest absolute Gasteiger partial charge is 0.243 e. The number of benzene rings is 1. The quantitative estimate of drug-likeness (QED) is 0.759. The van der Waals surface area contributed by atoms with E-state index < -0.39 is 10.0 Å². The van der Waals surface area contributed by atoms with Crippen molar-refractivity contribution in [3.8, 4) is 0 Å². The third-order valence-electron chi connectivity index (χ3n) is 5.53. The number of carbonyl (C=O) groups excluding carboxylic acids is 1. The molecule has 27 heavy (non-hydrogen) atoms. The van der Waals surface area contributed by atoms with Crippen LogP contribution < -0.4 is 0 Å². The van der Waals surface area contributed by atoms with E-state index in [0.29, 0.717) is 44.2 Å². The van der Waals surface area contributed by atoms with Gasteiger partial charge in [-0.25, -0.2) is 8.42 Å². The minimum atomic E-state index is -3.54. The van der Waals surface area contributed by atoms with E-state index in [0.717, 1.165) is 18.4 Å². The molecule has 0 bridgehead atoms. The molecule has 0 saturated carbocycles. The Morgan fingerprint density at radius 3 is 2.30 bits per heavy atom. The topological polar surface area (TPSA) is 66.9 Å². The molecule has 8 heteroatoms. The first-order chi connectivity index (χ1) is 12.8. The number of carbonyl (C=O) groups is 1. The molecule has 0 radical (unpaired) electrons. The summed E-state index contributed by atoms with van der Waals surface area (Å²) < 4.78 is 32.8. The van der Waals surface area contributed by atoms with Crippen LogP contribution in [0.4, 0.5) is 0 Å². The highest BCUT2D eigenvalue weighted by atomic mass is 35.5. The van der Waals surface area contributed by atoms with E-state index in [1.54, 1.807) is 32.0 Å². The van der Waals surface area contributed by atoms with Crippen LogP contribution in [0.15, 0.2) is 23.1 Å². The number of sulfonamides is 1. The molecule has 0 unspecified atom stereocenters. The van der Waals surface area contributed by atoms with Crippen molar-refractivity contribution in [3.05, 3.63) is 28.8 Å². The van der Waals surface area contributed by atoms with E-state index in [1.165, 1.54) is 4.31 Å². The van der Waals surface area contributed by atoms with Crippen molar-refractivity contribution in [1.29, 1.82) is 0 Å². The molecule has 2 aliphatic rings. The lowest BCUT2D eigenvalue weighted by Gasteiger charge is -2.43. The number of rotatable bonds is 4. The number of hydrogen-bond donors (Lipinski definition) is 0. The highest BCUT2D eigenvalue weighted by molar-refractivity contribution is 7.89. The van der Waals surface area contributed by atoms with Gasteiger partial charge in [-0.15, -0.1) is 0 Å². The van der Waals surface area contributed by atoms with Crippen molar-refractivity contribution in [1.82, 2.24) is 9.21 Å². The van der Waals surface area contributed by atoms with E-state index in [1.807, 2.05) is 4.90 Å². The molecule has 0 atom stereocenters. The summed E-state index contributed by atoms with van der Waals surface area (Å²) in [6.45, 7) is 5.60. The lowest BCUT2D eigenvalue weighted by atomic mass is 9.99. The van der Waals surface area contributed by atoms with Gasteiger partial charge < -0.3 is 9.64 Å². The van der Waals surface area contributed by atoms with E-state index in [2.05, 4.69) is 0 Å². The molecule has 2 fully saturated rings. The molecule has 0 spiro atoms. The van der Waals surface area contributed by atoms with E-state index in [4.69, 9.17) is 16.3 Å². The van der Waals surface area contributed by atoms with Gasteiger partial charge in [0.1, 0.15) is 0 Å². The first-order valence-corrected chi connectivity index (χ1v) is 11.3. The van der Waals surface area contributed by atoms with Gasteiger partial charge in [0.15, 0.2) is 0 Å². The Kier molecular flexibility index (Phi) is 6.46. The van der Waals surface area contributed by atoms with Crippen LogP contribution in [0.1, 0.15) is 38.2 Å². The van der Waals surface area contributed by atoms with Gasteiger partial charge in [0.25, 0.3) is 0 Å². The fourth-order valence-electron chi connectivity index (χ4n) is 4.06. The molecule has 2 saturated heterocycles. The Hall–Kier alpha value is -1.15. The molecule has 150 valence electrons. The molecule has 1 aromatic rings. The lowest BCUT2D eigenvalue weighted by molar-refractivity contribution is -0.137. The summed E-state index contributed by atoms with van der Waals surface area (Å²) in [5.41, 5.74) is 0.745. The standard InChI is InChI=1S/C19H27ClN2O4S/c1-14-13-18(3-4-19(14)20)27(24,25)21-9-5-16(6-10-21)22(15(2)23)17-7-11-26-12-8-17/h3-4,13,16-17H,5-12H2,1-2H3.